The van der Waals surface area contributed by atoms with Crippen molar-refractivity contribution in [2.24, 2.45) is 10.7 Å². The Kier molecular flexibility index (Phi) is 6.11. The van der Waals surface area contributed by atoms with Crippen molar-refractivity contribution in [2.75, 3.05) is 38.3 Å². The Morgan fingerprint density at radius 1 is 1.24 bits per heavy atom. The number of benzene rings is 1. The van der Waals surface area contributed by atoms with Gasteiger partial charge in [-0.05, 0) is 70.2 Å². The van der Waals surface area contributed by atoms with Gasteiger partial charge in [-0.2, -0.15) is 0 Å². The third-order valence-electron chi connectivity index (χ3n) is 6.70. The summed E-state index contributed by atoms with van der Waals surface area (Å²) in [6, 6.07) is 7.07. The summed E-state index contributed by atoms with van der Waals surface area (Å²) in [5.74, 6) is -0.988. The van der Waals surface area contributed by atoms with Gasteiger partial charge in [0.25, 0.3) is 5.91 Å². The molecule has 34 heavy (non-hydrogen) atoms. The van der Waals surface area contributed by atoms with Gasteiger partial charge < -0.3 is 20.7 Å². The molecule has 0 radical (unpaired) electrons. The fourth-order valence-electron chi connectivity index (χ4n) is 4.60. The minimum Gasteiger partial charge on any atom is -0.495 e. The molecule has 1 amide bonds. The van der Waals surface area contributed by atoms with Crippen molar-refractivity contribution in [3.63, 3.8) is 0 Å². The number of likely N-dealkylation sites (tertiary alicyclic amines) is 1. The number of rotatable bonds is 4. The zero-order valence-corrected chi connectivity index (χ0v) is 20.2. The predicted octanol–water partition coefficient (Wildman–Crippen LogP) is 1.95. The lowest BCUT2D eigenvalue weighted by molar-refractivity contribution is 0.102. The normalized spacial score (nSPS) is 23.8. The highest BCUT2D eigenvalue weighted by atomic mass is 32.2. The van der Waals surface area contributed by atoms with Crippen LogP contribution >= 0.6 is 0 Å². The molecule has 2 aliphatic heterocycles. The van der Waals surface area contributed by atoms with Gasteiger partial charge in [-0.1, -0.05) is 0 Å². The van der Waals surface area contributed by atoms with Crippen LogP contribution in [0.15, 0.2) is 41.5 Å². The first-order valence-corrected chi connectivity index (χ1v) is 12.5. The number of amides is 1. The maximum atomic E-state index is 15.0. The van der Waals surface area contributed by atoms with Crippen LogP contribution in [0.2, 0.25) is 0 Å². The SMILES string of the molecule is COc1ccc(C(=O)Nc2ccc(F)c([C@]3(C)CS(=O)(=O)C4(CCN(C)CC4)C(N)=N3)c2)nc1. The van der Waals surface area contributed by atoms with Crippen LogP contribution in [0.4, 0.5) is 10.1 Å². The molecule has 182 valence electrons. The standard InChI is InChI=1S/C23H28FN5O4S/c1-22(14-34(31,32)23(21(25)28-22)8-10-29(2)11-9-23)17-12-15(4-6-18(17)24)27-20(30)19-7-5-16(33-3)13-26-19/h4-7,12-13H,8-11,14H2,1-3H3,(H2,25,28)(H,27,30)/t22-/m0/s1. The maximum absolute atomic E-state index is 15.0. The van der Waals surface area contributed by atoms with Crippen molar-refractivity contribution in [3.05, 3.63) is 53.6 Å². The lowest BCUT2D eigenvalue weighted by Gasteiger charge is -2.45. The number of aliphatic imine (C=N–C) groups is 1. The van der Waals surface area contributed by atoms with Crippen LogP contribution in [0.3, 0.4) is 0 Å². The minimum atomic E-state index is -3.74. The van der Waals surface area contributed by atoms with Crippen LogP contribution in [0.5, 0.6) is 5.75 Å². The number of hydrogen-bond donors (Lipinski definition) is 2. The summed E-state index contributed by atoms with van der Waals surface area (Å²) in [4.78, 5) is 23.2. The van der Waals surface area contributed by atoms with Crippen molar-refractivity contribution in [3.8, 4) is 5.75 Å². The second-order valence-corrected chi connectivity index (χ2v) is 11.4. The topological polar surface area (TPSA) is 127 Å². The zero-order valence-electron chi connectivity index (χ0n) is 19.3. The van der Waals surface area contributed by atoms with E-state index in [1.54, 1.807) is 13.0 Å². The molecule has 9 nitrogen and oxygen atoms in total. The number of methoxy groups -OCH3 is 1. The monoisotopic (exact) mass is 489 g/mol. The van der Waals surface area contributed by atoms with Crippen LogP contribution in [0.1, 0.15) is 35.8 Å². The predicted molar refractivity (Wildman–Crippen MR) is 127 cm³/mol. The van der Waals surface area contributed by atoms with Crippen molar-refractivity contribution < 1.29 is 22.3 Å². The second kappa shape index (κ2) is 8.62. The Hall–Kier alpha value is -3.05. The third kappa shape index (κ3) is 4.14. The molecule has 4 rings (SSSR count). The molecule has 11 heteroatoms. The van der Waals surface area contributed by atoms with Gasteiger partial charge in [0.1, 0.15) is 33.4 Å². The van der Waals surface area contributed by atoms with Crippen LogP contribution in [-0.4, -0.2) is 67.8 Å². The lowest BCUT2D eigenvalue weighted by Crippen LogP contribution is -2.62. The van der Waals surface area contributed by atoms with Gasteiger partial charge in [-0.3, -0.25) is 9.79 Å². The molecule has 0 bridgehead atoms. The summed E-state index contributed by atoms with van der Waals surface area (Å²) in [6.45, 7) is 2.72. The number of pyridine rings is 1. The number of nitrogens with two attached hydrogens (primary N) is 1. The van der Waals surface area contributed by atoms with E-state index in [1.165, 1.54) is 37.6 Å². The molecule has 0 aliphatic carbocycles. The van der Waals surface area contributed by atoms with E-state index in [9.17, 15) is 17.6 Å². The molecule has 2 aliphatic rings. The number of piperidine rings is 1. The molecular weight excluding hydrogens is 461 g/mol. The van der Waals surface area contributed by atoms with E-state index in [2.05, 4.69) is 15.3 Å². The summed E-state index contributed by atoms with van der Waals surface area (Å²) in [7, 11) is -0.315. The molecule has 1 aromatic heterocycles. The number of sulfone groups is 1. The van der Waals surface area contributed by atoms with Gasteiger partial charge in [0, 0.05) is 11.3 Å². The fourth-order valence-corrected chi connectivity index (χ4v) is 7.00. The number of carbonyl (C=O) groups excluding carboxylic acids is 1. The van der Waals surface area contributed by atoms with E-state index in [0.717, 1.165) is 0 Å². The minimum absolute atomic E-state index is 0.0191. The summed E-state index contributed by atoms with van der Waals surface area (Å²) >= 11 is 0. The molecule has 1 spiro atoms. The van der Waals surface area contributed by atoms with Crippen LogP contribution < -0.4 is 15.8 Å². The first-order chi connectivity index (χ1) is 16.0. The van der Waals surface area contributed by atoms with Crippen molar-refractivity contribution in [1.29, 1.82) is 0 Å². The number of nitrogens with one attached hydrogen (secondary N) is 1. The van der Waals surface area contributed by atoms with Gasteiger partial charge in [-0.25, -0.2) is 17.8 Å². The van der Waals surface area contributed by atoms with E-state index in [-0.39, 0.29) is 28.5 Å². The summed E-state index contributed by atoms with van der Waals surface area (Å²) in [6.07, 6.45) is 2.12. The smallest absolute Gasteiger partial charge is 0.274 e. The van der Waals surface area contributed by atoms with Crippen molar-refractivity contribution >= 4 is 27.3 Å². The number of halogens is 1. The summed E-state index contributed by atoms with van der Waals surface area (Å²) in [5, 5.41) is 2.67. The number of hydrogen-bond acceptors (Lipinski definition) is 8. The number of carbonyl (C=O) groups is 1. The number of ether oxygens (including phenoxy) is 1. The second-order valence-electron chi connectivity index (χ2n) is 9.06. The largest absolute Gasteiger partial charge is 0.495 e. The Labute approximate surface area is 198 Å². The van der Waals surface area contributed by atoms with Crippen LogP contribution in [-0.2, 0) is 15.4 Å². The molecular formula is C23H28FN5O4S. The van der Waals surface area contributed by atoms with Gasteiger partial charge >= 0.3 is 0 Å². The maximum Gasteiger partial charge on any atom is 0.274 e. The molecule has 1 atom stereocenters. The van der Waals surface area contributed by atoms with E-state index >= 15 is 0 Å². The molecule has 3 heterocycles. The average molecular weight is 490 g/mol. The highest BCUT2D eigenvalue weighted by Gasteiger charge is 2.55. The molecule has 2 aromatic rings. The van der Waals surface area contributed by atoms with Gasteiger partial charge in [0.15, 0.2) is 9.84 Å². The Morgan fingerprint density at radius 2 is 1.94 bits per heavy atom. The molecule has 0 unspecified atom stereocenters. The summed E-state index contributed by atoms with van der Waals surface area (Å²) < 4.78 is 45.7. The number of amidine groups is 1. The van der Waals surface area contributed by atoms with E-state index < -0.39 is 31.8 Å². The fraction of sp³-hybridized carbons (Fsp3) is 0.435. The quantitative estimate of drug-likeness (QED) is 0.672. The van der Waals surface area contributed by atoms with Crippen molar-refractivity contribution in [2.45, 2.75) is 30.1 Å². The Morgan fingerprint density at radius 3 is 2.53 bits per heavy atom. The third-order valence-corrected chi connectivity index (χ3v) is 9.45. The Balaban J connectivity index is 1.66. The first kappa shape index (κ1) is 24.1. The van der Waals surface area contributed by atoms with E-state index in [4.69, 9.17) is 10.5 Å². The first-order valence-electron chi connectivity index (χ1n) is 10.9. The average Bonchev–Trinajstić information content (AvgIpc) is 2.79. The molecule has 1 fully saturated rings. The summed E-state index contributed by atoms with van der Waals surface area (Å²) in [5.41, 5.74) is 5.33. The lowest BCUT2D eigenvalue weighted by atomic mass is 9.90. The van der Waals surface area contributed by atoms with Crippen LogP contribution in [0.25, 0.3) is 0 Å². The molecule has 1 aromatic carbocycles. The number of anilines is 1. The zero-order chi connectivity index (χ0) is 24.7. The van der Waals surface area contributed by atoms with Gasteiger partial charge in [0.2, 0.25) is 0 Å². The number of aromatic nitrogens is 1. The highest BCUT2D eigenvalue weighted by molar-refractivity contribution is 7.93. The van der Waals surface area contributed by atoms with Gasteiger partial charge in [0.05, 0.1) is 19.1 Å². The van der Waals surface area contributed by atoms with E-state index in [1.807, 2.05) is 11.9 Å². The highest BCUT2D eigenvalue weighted by Crippen LogP contribution is 2.42. The van der Waals surface area contributed by atoms with Gasteiger partial charge in [-0.15, -0.1) is 0 Å². The molecule has 3 N–H and O–H groups in total. The molecule has 1 saturated heterocycles. The van der Waals surface area contributed by atoms with Crippen LogP contribution in [0, 0.1) is 5.82 Å². The number of nitrogens with zero attached hydrogens (tertiary/aromatic N) is 3. The molecule has 0 saturated carbocycles. The Bertz CT molecular complexity index is 1240. The van der Waals surface area contributed by atoms with E-state index in [0.29, 0.717) is 31.7 Å². The van der Waals surface area contributed by atoms with Crippen molar-refractivity contribution in [1.82, 2.24) is 9.88 Å².